The van der Waals surface area contributed by atoms with Crippen molar-refractivity contribution in [1.82, 2.24) is 9.80 Å². The van der Waals surface area contributed by atoms with Crippen LogP contribution in [0.3, 0.4) is 0 Å². The van der Waals surface area contributed by atoms with Crippen LogP contribution in [0.2, 0.25) is 0 Å². The molecule has 1 aromatic carbocycles. The summed E-state index contributed by atoms with van der Waals surface area (Å²) >= 11 is 0. The van der Waals surface area contributed by atoms with Crippen LogP contribution >= 0.6 is 0 Å². The quantitative estimate of drug-likeness (QED) is 0.792. The first kappa shape index (κ1) is 17.8. The fourth-order valence-corrected chi connectivity index (χ4v) is 4.47. The molecule has 3 aliphatic rings. The number of carbonyl (C=O) groups excluding carboxylic acids is 1. The summed E-state index contributed by atoms with van der Waals surface area (Å²) in [6, 6.07) is 9.66. The lowest BCUT2D eigenvalue weighted by molar-refractivity contribution is -0.00705. The number of nitrogens with zero attached hydrogens (tertiary/aromatic N) is 2. The maximum absolute atomic E-state index is 12.1. The van der Waals surface area contributed by atoms with Crippen LogP contribution in [-0.2, 0) is 4.74 Å². The molecule has 2 aliphatic heterocycles. The minimum atomic E-state index is -0.408. The molecule has 3 fully saturated rings. The van der Waals surface area contributed by atoms with Crippen molar-refractivity contribution in [3.63, 3.8) is 0 Å². The van der Waals surface area contributed by atoms with Gasteiger partial charge in [-0.15, -0.1) is 0 Å². The van der Waals surface area contributed by atoms with Gasteiger partial charge in [0.25, 0.3) is 0 Å². The second kappa shape index (κ2) is 6.88. The highest BCUT2D eigenvalue weighted by Crippen LogP contribution is 2.45. The lowest BCUT2D eigenvalue weighted by Gasteiger charge is -2.42. The van der Waals surface area contributed by atoms with E-state index in [1.54, 1.807) is 11.1 Å². The first-order valence-electron chi connectivity index (χ1n) is 10.2. The predicted molar refractivity (Wildman–Crippen MR) is 103 cm³/mol. The van der Waals surface area contributed by atoms with E-state index in [1.807, 2.05) is 25.7 Å². The van der Waals surface area contributed by atoms with E-state index in [2.05, 4.69) is 29.2 Å². The molecule has 1 unspecified atom stereocenters. The van der Waals surface area contributed by atoms with Crippen LogP contribution in [0.5, 0.6) is 0 Å². The predicted octanol–water partition coefficient (Wildman–Crippen LogP) is 4.57. The zero-order valence-electron chi connectivity index (χ0n) is 16.4. The first-order chi connectivity index (χ1) is 12.4. The van der Waals surface area contributed by atoms with Gasteiger partial charge >= 0.3 is 6.09 Å². The van der Waals surface area contributed by atoms with Crippen molar-refractivity contribution in [3.05, 3.63) is 35.4 Å². The Kier molecular flexibility index (Phi) is 4.72. The Morgan fingerprint density at radius 1 is 1.12 bits per heavy atom. The number of amides is 1. The summed E-state index contributed by atoms with van der Waals surface area (Å²) in [5, 5.41) is 0. The van der Waals surface area contributed by atoms with Crippen molar-refractivity contribution in [3.8, 4) is 0 Å². The molecule has 0 spiro atoms. The van der Waals surface area contributed by atoms with Gasteiger partial charge in [-0.2, -0.15) is 0 Å². The Hall–Kier alpha value is -1.55. The van der Waals surface area contributed by atoms with E-state index >= 15 is 0 Å². The van der Waals surface area contributed by atoms with E-state index in [1.165, 1.54) is 32.2 Å². The van der Waals surface area contributed by atoms with Crippen LogP contribution < -0.4 is 0 Å². The fraction of sp³-hybridized carbons (Fsp3) is 0.682. The lowest BCUT2D eigenvalue weighted by Crippen LogP contribution is -2.54. The zero-order chi connectivity index (χ0) is 18.3. The number of hydrogen-bond donors (Lipinski definition) is 0. The van der Waals surface area contributed by atoms with Crippen LogP contribution in [0.1, 0.15) is 69.5 Å². The number of benzene rings is 1. The molecule has 142 valence electrons. The molecular formula is C22H32N2O2. The van der Waals surface area contributed by atoms with Gasteiger partial charge in [0.1, 0.15) is 5.60 Å². The standard InChI is InChI=1S/C22H32N2O2/c1-22(2,3)26-21(25)24-14-16(15-24)13-23-12-6-9-20(23)19-8-5-4-7-18(19)17-10-11-17/h4-5,7-8,16-17,20H,6,9-15H2,1-3H3. The van der Waals surface area contributed by atoms with Gasteiger partial charge in [0.2, 0.25) is 0 Å². The van der Waals surface area contributed by atoms with E-state index in [9.17, 15) is 4.79 Å². The van der Waals surface area contributed by atoms with Crippen LogP contribution in [0.15, 0.2) is 24.3 Å². The zero-order valence-corrected chi connectivity index (χ0v) is 16.4. The molecule has 0 N–H and O–H groups in total. The summed E-state index contributed by atoms with van der Waals surface area (Å²) in [6.07, 6.45) is 5.11. The van der Waals surface area contributed by atoms with E-state index < -0.39 is 5.60 Å². The molecule has 1 aromatic rings. The molecule has 1 saturated carbocycles. The SMILES string of the molecule is CC(C)(C)OC(=O)N1CC(CN2CCCC2c2ccccc2C2CC2)C1. The van der Waals surface area contributed by atoms with Gasteiger partial charge in [0, 0.05) is 31.6 Å². The molecular weight excluding hydrogens is 324 g/mol. The first-order valence-corrected chi connectivity index (χ1v) is 10.2. The summed E-state index contributed by atoms with van der Waals surface area (Å²) in [5.41, 5.74) is 2.75. The number of hydrogen-bond acceptors (Lipinski definition) is 3. The third-order valence-corrected chi connectivity index (χ3v) is 5.84. The monoisotopic (exact) mass is 356 g/mol. The molecule has 2 saturated heterocycles. The van der Waals surface area contributed by atoms with Crippen molar-refractivity contribution in [2.45, 2.75) is 64.0 Å². The van der Waals surface area contributed by atoms with Gasteiger partial charge in [-0.3, -0.25) is 4.90 Å². The Balaban J connectivity index is 1.34. The van der Waals surface area contributed by atoms with E-state index in [0.717, 1.165) is 25.6 Å². The summed E-state index contributed by atoms with van der Waals surface area (Å²) in [7, 11) is 0. The average Bonchev–Trinajstić information content (AvgIpc) is 3.27. The number of ether oxygens (including phenoxy) is 1. The minimum absolute atomic E-state index is 0.161. The maximum atomic E-state index is 12.1. The molecule has 26 heavy (non-hydrogen) atoms. The second-order valence-corrected chi connectivity index (χ2v) is 9.31. The van der Waals surface area contributed by atoms with E-state index in [-0.39, 0.29) is 6.09 Å². The second-order valence-electron chi connectivity index (χ2n) is 9.31. The van der Waals surface area contributed by atoms with Crippen LogP contribution in [0, 0.1) is 5.92 Å². The van der Waals surface area contributed by atoms with Crippen molar-refractivity contribution < 1.29 is 9.53 Å². The van der Waals surface area contributed by atoms with E-state index in [4.69, 9.17) is 4.74 Å². The Bertz CT molecular complexity index is 656. The number of likely N-dealkylation sites (tertiary alicyclic amines) is 2. The third kappa shape index (κ3) is 3.90. The van der Waals surface area contributed by atoms with Gasteiger partial charge < -0.3 is 9.64 Å². The molecule has 1 aliphatic carbocycles. The third-order valence-electron chi connectivity index (χ3n) is 5.84. The van der Waals surface area contributed by atoms with Gasteiger partial charge in [0.05, 0.1) is 0 Å². The molecule has 0 radical (unpaired) electrons. The lowest BCUT2D eigenvalue weighted by atomic mass is 9.94. The smallest absolute Gasteiger partial charge is 0.410 e. The van der Waals surface area contributed by atoms with Crippen molar-refractivity contribution in [2.75, 3.05) is 26.2 Å². The topological polar surface area (TPSA) is 32.8 Å². The molecule has 0 aromatic heterocycles. The number of rotatable bonds is 4. The summed E-state index contributed by atoms with van der Waals surface area (Å²) < 4.78 is 5.47. The normalized spacial score (nSPS) is 24.6. The number of carbonyl (C=O) groups is 1. The highest BCUT2D eigenvalue weighted by molar-refractivity contribution is 5.69. The molecule has 4 heteroatoms. The molecule has 1 amide bonds. The van der Waals surface area contributed by atoms with E-state index in [0.29, 0.717) is 12.0 Å². The molecule has 1 atom stereocenters. The van der Waals surface area contributed by atoms with Crippen molar-refractivity contribution in [2.24, 2.45) is 5.92 Å². The summed E-state index contributed by atoms with van der Waals surface area (Å²) in [4.78, 5) is 16.6. The Morgan fingerprint density at radius 3 is 2.46 bits per heavy atom. The van der Waals surface area contributed by atoms with Crippen LogP contribution in [-0.4, -0.2) is 47.7 Å². The Morgan fingerprint density at radius 2 is 1.81 bits per heavy atom. The largest absolute Gasteiger partial charge is 0.444 e. The van der Waals surface area contributed by atoms with Gasteiger partial charge in [-0.25, -0.2) is 4.79 Å². The molecule has 2 heterocycles. The summed E-state index contributed by atoms with van der Waals surface area (Å²) in [5.74, 6) is 1.39. The van der Waals surface area contributed by atoms with Crippen LogP contribution in [0.4, 0.5) is 4.79 Å². The highest BCUT2D eigenvalue weighted by Gasteiger charge is 2.38. The van der Waals surface area contributed by atoms with Gasteiger partial charge in [-0.05, 0) is 70.0 Å². The average molecular weight is 357 g/mol. The Labute approximate surface area is 157 Å². The fourth-order valence-electron chi connectivity index (χ4n) is 4.47. The highest BCUT2D eigenvalue weighted by atomic mass is 16.6. The maximum Gasteiger partial charge on any atom is 0.410 e. The summed E-state index contributed by atoms with van der Waals surface area (Å²) in [6.45, 7) is 9.73. The molecule has 4 nitrogen and oxygen atoms in total. The van der Waals surface area contributed by atoms with Gasteiger partial charge in [0.15, 0.2) is 0 Å². The molecule has 0 bridgehead atoms. The van der Waals surface area contributed by atoms with Crippen molar-refractivity contribution in [1.29, 1.82) is 0 Å². The molecule has 4 rings (SSSR count). The van der Waals surface area contributed by atoms with Crippen molar-refractivity contribution >= 4 is 6.09 Å². The van der Waals surface area contributed by atoms with Crippen LogP contribution in [0.25, 0.3) is 0 Å². The van der Waals surface area contributed by atoms with Gasteiger partial charge in [-0.1, -0.05) is 24.3 Å². The minimum Gasteiger partial charge on any atom is -0.444 e.